The van der Waals surface area contributed by atoms with Crippen LogP contribution < -0.4 is 33.2 Å². The molecule has 1 rings (SSSR count). The quantitative estimate of drug-likeness (QED) is 0.0784. The number of amides is 3. The molecular formula is C23H37N7O6. The van der Waals surface area contributed by atoms with Gasteiger partial charge >= 0.3 is 5.97 Å². The summed E-state index contributed by atoms with van der Waals surface area (Å²) in [4.78, 5) is 53.2. The van der Waals surface area contributed by atoms with Gasteiger partial charge in [0.25, 0.3) is 0 Å². The molecule has 36 heavy (non-hydrogen) atoms. The number of carbonyl (C=O) groups is 4. The van der Waals surface area contributed by atoms with Gasteiger partial charge in [-0.05, 0) is 42.9 Å². The van der Waals surface area contributed by atoms with Crippen molar-refractivity contribution in [2.24, 2.45) is 28.1 Å². The van der Waals surface area contributed by atoms with Gasteiger partial charge in [-0.3, -0.25) is 24.2 Å². The SMILES string of the molecule is CC(C)CC(N)C(=O)NC(CCCN=C(N)N)C(=O)NC(Cc1ccc(O)cc1)C(=O)NCC(=O)O. The van der Waals surface area contributed by atoms with E-state index in [1.54, 1.807) is 12.1 Å². The van der Waals surface area contributed by atoms with Crippen LogP contribution in [0.1, 0.15) is 38.7 Å². The van der Waals surface area contributed by atoms with E-state index in [4.69, 9.17) is 22.3 Å². The maximum atomic E-state index is 13.2. The third-order valence-corrected chi connectivity index (χ3v) is 5.06. The standard InChI is InChI=1S/C23H37N7O6/c1-13(2)10-16(24)20(34)29-17(4-3-9-27-23(25)26)22(36)30-18(21(35)28-12-19(32)33)11-14-5-7-15(31)8-6-14/h5-8,13,16-18,31H,3-4,9-12,24H2,1-2H3,(H,28,35)(H,29,34)(H,30,36)(H,32,33)(H4,25,26,27). The number of rotatable bonds is 15. The van der Waals surface area contributed by atoms with E-state index in [1.807, 2.05) is 13.8 Å². The van der Waals surface area contributed by atoms with Gasteiger partial charge in [0.05, 0.1) is 6.04 Å². The third-order valence-electron chi connectivity index (χ3n) is 5.06. The molecule has 3 atom stereocenters. The number of carboxylic acids is 1. The van der Waals surface area contributed by atoms with Crippen LogP contribution in [0, 0.1) is 5.92 Å². The molecule has 3 amide bonds. The Hall–Kier alpha value is -3.87. The lowest BCUT2D eigenvalue weighted by Gasteiger charge is -2.24. The number of benzene rings is 1. The minimum atomic E-state index is -1.25. The normalized spacial score (nSPS) is 13.2. The van der Waals surface area contributed by atoms with E-state index < -0.39 is 48.4 Å². The number of nitrogens with one attached hydrogen (secondary N) is 3. The molecule has 0 fully saturated rings. The molecule has 0 aliphatic carbocycles. The monoisotopic (exact) mass is 507 g/mol. The molecule has 0 saturated carbocycles. The Labute approximate surface area is 209 Å². The van der Waals surface area contributed by atoms with Gasteiger partial charge in [-0.25, -0.2) is 0 Å². The fourth-order valence-corrected chi connectivity index (χ4v) is 3.30. The molecule has 11 N–H and O–H groups in total. The molecule has 3 unspecified atom stereocenters. The van der Waals surface area contributed by atoms with Crippen LogP contribution in [0.3, 0.4) is 0 Å². The molecule has 0 radical (unpaired) electrons. The Morgan fingerprint density at radius 3 is 2.14 bits per heavy atom. The zero-order valence-corrected chi connectivity index (χ0v) is 20.6. The number of guanidine groups is 1. The van der Waals surface area contributed by atoms with E-state index in [0.29, 0.717) is 18.4 Å². The molecule has 0 spiro atoms. The average Bonchev–Trinajstić information content (AvgIpc) is 2.79. The smallest absolute Gasteiger partial charge is 0.322 e. The Bertz CT molecular complexity index is 916. The minimum absolute atomic E-state index is 0.0129. The zero-order valence-electron chi connectivity index (χ0n) is 20.6. The highest BCUT2D eigenvalue weighted by Crippen LogP contribution is 2.12. The second kappa shape index (κ2) is 15.2. The first-order valence-electron chi connectivity index (χ1n) is 11.6. The molecule has 0 heterocycles. The maximum Gasteiger partial charge on any atom is 0.322 e. The largest absolute Gasteiger partial charge is 0.508 e. The second-order valence-corrected chi connectivity index (χ2v) is 8.79. The van der Waals surface area contributed by atoms with Gasteiger partial charge in [-0.1, -0.05) is 26.0 Å². The molecule has 1 aromatic carbocycles. The number of hydrogen-bond donors (Lipinski definition) is 8. The molecular weight excluding hydrogens is 470 g/mol. The number of hydrogen-bond acceptors (Lipinski definition) is 7. The Balaban J connectivity index is 3.05. The molecule has 0 aromatic heterocycles. The molecule has 200 valence electrons. The first-order valence-corrected chi connectivity index (χ1v) is 11.6. The summed E-state index contributed by atoms with van der Waals surface area (Å²) in [5.74, 6) is -3.07. The van der Waals surface area contributed by atoms with E-state index in [1.165, 1.54) is 12.1 Å². The summed E-state index contributed by atoms with van der Waals surface area (Å²) in [6.07, 6.45) is 0.934. The lowest BCUT2D eigenvalue weighted by Crippen LogP contribution is -2.56. The van der Waals surface area contributed by atoms with Crippen LogP contribution in [-0.2, 0) is 25.6 Å². The molecule has 13 heteroatoms. The van der Waals surface area contributed by atoms with Gasteiger partial charge < -0.3 is 43.4 Å². The lowest BCUT2D eigenvalue weighted by atomic mass is 10.0. The van der Waals surface area contributed by atoms with Crippen LogP contribution in [0.4, 0.5) is 0 Å². The summed E-state index contributed by atoms with van der Waals surface area (Å²) in [5, 5.41) is 25.9. The zero-order chi connectivity index (χ0) is 27.3. The fourth-order valence-electron chi connectivity index (χ4n) is 3.30. The van der Waals surface area contributed by atoms with Gasteiger partial charge in [0.2, 0.25) is 17.7 Å². The van der Waals surface area contributed by atoms with Crippen molar-refractivity contribution in [1.82, 2.24) is 16.0 Å². The highest BCUT2D eigenvalue weighted by Gasteiger charge is 2.28. The van der Waals surface area contributed by atoms with Crippen molar-refractivity contribution >= 4 is 29.7 Å². The number of aromatic hydroxyl groups is 1. The van der Waals surface area contributed by atoms with Crippen LogP contribution in [-0.4, -0.2) is 71.1 Å². The van der Waals surface area contributed by atoms with E-state index >= 15 is 0 Å². The summed E-state index contributed by atoms with van der Waals surface area (Å²) in [7, 11) is 0. The van der Waals surface area contributed by atoms with Crippen molar-refractivity contribution in [2.45, 2.75) is 57.7 Å². The number of nitrogens with two attached hydrogens (primary N) is 3. The molecule has 0 aliphatic rings. The topological polar surface area (TPSA) is 235 Å². The lowest BCUT2D eigenvalue weighted by molar-refractivity contribution is -0.138. The predicted molar refractivity (Wildman–Crippen MR) is 134 cm³/mol. The van der Waals surface area contributed by atoms with Gasteiger partial charge in [-0.15, -0.1) is 0 Å². The van der Waals surface area contributed by atoms with Crippen molar-refractivity contribution < 1.29 is 29.4 Å². The molecule has 13 nitrogen and oxygen atoms in total. The highest BCUT2D eigenvalue weighted by atomic mass is 16.4. The second-order valence-electron chi connectivity index (χ2n) is 8.79. The molecule has 0 saturated heterocycles. The van der Waals surface area contributed by atoms with Crippen molar-refractivity contribution in [3.05, 3.63) is 29.8 Å². The van der Waals surface area contributed by atoms with Gasteiger partial charge in [-0.2, -0.15) is 0 Å². The minimum Gasteiger partial charge on any atom is -0.508 e. The Kier molecular flexibility index (Phi) is 12.7. The maximum absolute atomic E-state index is 13.2. The van der Waals surface area contributed by atoms with E-state index in [0.717, 1.165) is 0 Å². The Morgan fingerprint density at radius 2 is 1.58 bits per heavy atom. The molecule has 0 aliphatic heterocycles. The number of carbonyl (C=O) groups excluding carboxylic acids is 3. The highest BCUT2D eigenvalue weighted by molar-refractivity contribution is 5.93. The van der Waals surface area contributed by atoms with E-state index in [2.05, 4.69) is 20.9 Å². The number of aliphatic carboxylic acids is 1. The molecule has 1 aromatic rings. The predicted octanol–water partition coefficient (Wildman–Crippen LogP) is -1.47. The summed E-state index contributed by atoms with van der Waals surface area (Å²) < 4.78 is 0. The van der Waals surface area contributed by atoms with E-state index in [-0.39, 0.29) is 37.0 Å². The number of carboxylic acid groups (broad SMARTS) is 1. The van der Waals surface area contributed by atoms with E-state index in [9.17, 15) is 24.3 Å². The average molecular weight is 508 g/mol. The van der Waals surface area contributed by atoms with Crippen molar-refractivity contribution in [2.75, 3.05) is 13.1 Å². The summed E-state index contributed by atoms with van der Waals surface area (Å²) in [6, 6.07) is 2.96. The first-order chi connectivity index (χ1) is 16.9. The number of phenolic OH excluding ortho intramolecular Hbond substituents is 1. The van der Waals surface area contributed by atoms with Crippen molar-refractivity contribution in [3.8, 4) is 5.75 Å². The van der Waals surface area contributed by atoms with Crippen LogP contribution >= 0.6 is 0 Å². The third kappa shape index (κ3) is 12.0. The number of aliphatic imine (C=N–C) groups is 1. The first kappa shape index (κ1) is 30.2. The van der Waals surface area contributed by atoms with Crippen LogP contribution in [0.2, 0.25) is 0 Å². The number of phenols is 1. The van der Waals surface area contributed by atoms with Gasteiger partial charge in [0.1, 0.15) is 24.4 Å². The summed E-state index contributed by atoms with van der Waals surface area (Å²) >= 11 is 0. The van der Waals surface area contributed by atoms with Gasteiger partial charge in [0, 0.05) is 13.0 Å². The fraction of sp³-hybridized carbons (Fsp3) is 0.522. The molecule has 0 bridgehead atoms. The van der Waals surface area contributed by atoms with Crippen LogP contribution in [0.15, 0.2) is 29.3 Å². The van der Waals surface area contributed by atoms with Crippen molar-refractivity contribution in [1.29, 1.82) is 0 Å². The van der Waals surface area contributed by atoms with Crippen molar-refractivity contribution in [3.63, 3.8) is 0 Å². The van der Waals surface area contributed by atoms with Crippen LogP contribution in [0.25, 0.3) is 0 Å². The Morgan fingerprint density at radius 1 is 0.972 bits per heavy atom. The number of nitrogens with zero attached hydrogens (tertiary/aromatic N) is 1. The summed E-state index contributed by atoms with van der Waals surface area (Å²) in [5.41, 5.74) is 17.2. The van der Waals surface area contributed by atoms with Gasteiger partial charge in [0.15, 0.2) is 5.96 Å². The summed E-state index contributed by atoms with van der Waals surface area (Å²) in [6.45, 7) is 3.41. The van der Waals surface area contributed by atoms with Crippen LogP contribution in [0.5, 0.6) is 5.75 Å².